The molecule has 0 unspecified atom stereocenters. The topological polar surface area (TPSA) is 84.9 Å². The summed E-state index contributed by atoms with van der Waals surface area (Å²) < 4.78 is 12.2. The molecule has 1 atom stereocenters. The van der Waals surface area contributed by atoms with Gasteiger partial charge in [-0.05, 0) is 28.2 Å². The lowest BCUT2D eigenvalue weighted by Crippen LogP contribution is -2.52. The van der Waals surface area contributed by atoms with Crippen molar-refractivity contribution in [2.24, 2.45) is 5.92 Å². The molecule has 0 radical (unpaired) electrons. The molecule has 0 fully saturated rings. The fraction of sp³-hybridized carbons (Fsp3) is 0.214. The average Bonchev–Trinajstić information content (AvgIpc) is 3.46. The number of fused-ring (bicyclic) bond motifs is 3. The molecule has 0 bridgehead atoms. The fourth-order valence-corrected chi connectivity index (χ4v) is 6.90. The van der Waals surface area contributed by atoms with Crippen LogP contribution < -0.4 is 5.32 Å². The van der Waals surface area contributed by atoms with Gasteiger partial charge in [0.25, 0.3) is 0 Å². The summed E-state index contributed by atoms with van der Waals surface area (Å²) in [6, 6.07) is 44.0. The lowest BCUT2D eigenvalue weighted by Gasteiger charge is -2.35. The molecule has 0 aromatic heterocycles. The summed E-state index contributed by atoms with van der Waals surface area (Å²) in [6.07, 6.45) is -0.616. The van der Waals surface area contributed by atoms with E-state index in [1.165, 1.54) is 4.90 Å². The second-order valence-electron chi connectivity index (χ2n) is 12.6. The Bertz CT molecular complexity index is 1770. The Hall–Kier alpha value is -5.69. The number of esters is 1. The van der Waals surface area contributed by atoms with E-state index < -0.39 is 36.2 Å². The van der Waals surface area contributed by atoms with Crippen LogP contribution in [0.4, 0.5) is 4.79 Å². The number of carbonyl (C=O) groups is 3. The molecular weight excluding hydrogens is 612 g/mol. The van der Waals surface area contributed by atoms with Crippen molar-refractivity contribution in [1.82, 2.24) is 10.2 Å². The van der Waals surface area contributed by atoms with Gasteiger partial charge in [-0.2, -0.15) is 0 Å². The summed E-state index contributed by atoms with van der Waals surface area (Å²) in [6.45, 7) is 3.44. The first-order valence-electron chi connectivity index (χ1n) is 16.5. The van der Waals surface area contributed by atoms with Gasteiger partial charge in [0, 0.05) is 29.7 Å². The number of carbonyl (C=O) groups excluding carboxylic acids is 3. The molecule has 1 N–H and O–H groups in total. The number of likely N-dealkylation sites (N-methyl/N-ethyl adjacent to an activating group) is 1. The summed E-state index contributed by atoms with van der Waals surface area (Å²) in [5.41, 5.74) is 5.51. The second kappa shape index (κ2) is 14.6. The standard InChI is InChI=1S/C42H40N2O5/c1-29(2)39(44(3)41(47)48-28-37-35-25-15-13-23-33(35)34-24-14-16-26-36(34)37)40(46)43-27-38(45)49-42(30-17-7-4-8-18-30,31-19-9-5-10-20-31)32-21-11-6-12-22-32/h4-26,29,37,39H,27-28H2,1-3H3,(H,43,46)/t39-/m0/s1. The van der Waals surface area contributed by atoms with Crippen LogP contribution in [0.5, 0.6) is 0 Å². The van der Waals surface area contributed by atoms with Gasteiger partial charge >= 0.3 is 12.1 Å². The normalized spacial score (nSPS) is 12.8. The first-order valence-corrected chi connectivity index (χ1v) is 16.5. The van der Waals surface area contributed by atoms with E-state index >= 15 is 0 Å². The molecule has 5 aromatic rings. The van der Waals surface area contributed by atoms with Crippen LogP contribution >= 0.6 is 0 Å². The van der Waals surface area contributed by atoms with Gasteiger partial charge in [0.05, 0.1) is 0 Å². The molecule has 2 amide bonds. The minimum Gasteiger partial charge on any atom is -0.448 e. The molecule has 0 saturated heterocycles. The molecule has 0 aliphatic heterocycles. The third-order valence-electron chi connectivity index (χ3n) is 9.16. The minimum atomic E-state index is -1.26. The van der Waals surface area contributed by atoms with Crippen molar-refractivity contribution in [2.75, 3.05) is 20.2 Å². The van der Waals surface area contributed by atoms with Crippen LogP contribution in [0.15, 0.2) is 140 Å². The van der Waals surface area contributed by atoms with Crippen LogP contribution in [0.3, 0.4) is 0 Å². The Kier molecular flexibility index (Phi) is 9.90. The van der Waals surface area contributed by atoms with Crippen LogP contribution in [0.2, 0.25) is 0 Å². The zero-order chi connectivity index (χ0) is 34.4. The van der Waals surface area contributed by atoms with Crippen LogP contribution in [0.25, 0.3) is 11.1 Å². The molecule has 0 saturated carbocycles. The van der Waals surface area contributed by atoms with Gasteiger partial charge in [0.2, 0.25) is 5.91 Å². The van der Waals surface area contributed by atoms with Crippen molar-refractivity contribution in [1.29, 1.82) is 0 Å². The maximum Gasteiger partial charge on any atom is 0.410 e. The molecule has 6 rings (SSSR count). The van der Waals surface area contributed by atoms with E-state index in [0.717, 1.165) is 38.9 Å². The number of ether oxygens (including phenoxy) is 2. The number of benzene rings is 5. The van der Waals surface area contributed by atoms with E-state index in [1.54, 1.807) is 7.05 Å². The van der Waals surface area contributed by atoms with Crippen LogP contribution in [0.1, 0.15) is 47.6 Å². The van der Waals surface area contributed by atoms with Gasteiger partial charge in [0.1, 0.15) is 19.2 Å². The highest BCUT2D eigenvalue weighted by molar-refractivity contribution is 5.89. The maximum absolute atomic E-state index is 13.7. The van der Waals surface area contributed by atoms with Gasteiger partial charge in [0.15, 0.2) is 5.60 Å². The zero-order valence-corrected chi connectivity index (χ0v) is 27.9. The van der Waals surface area contributed by atoms with Gasteiger partial charge in [-0.25, -0.2) is 4.79 Å². The predicted octanol–water partition coefficient (Wildman–Crippen LogP) is 7.54. The number of amides is 2. The van der Waals surface area contributed by atoms with Gasteiger partial charge in [-0.1, -0.05) is 153 Å². The molecule has 248 valence electrons. The van der Waals surface area contributed by atoms with Crippen molar-refractivity contribution in [3.8, 4) is 11.1 Å². The SMILES string of the molecule is CC(C)[C@@H](C(=O)NCC(=O)OC(c1ccccc1)(c1ccccc1)c1ccccc1)N(C)C(=O)OCC1c2ccccc2-c2ccccc21. The third-order valence-corrected chi connectivity index (χ3v) is 9.16. The largest absolute Gasteiger partial charge is 0.448 e. The first kappa shape index (κ1) is 33.2. The number of nitrogens with zero attached hydrogens (tertiary/aromatic N) is 1. The van der Waals surface area contributed by atoms with E-state index in [9.17, 15) is 14.4 Å². The molecule has 0 spiro atoms. The molecule has 7 nitrogen and oxygen atoms in total. The molecule has 1 aliphatic carbocycles. The smallest absolute Gasteiger partial charge is 0.410 e. The van der Waals surface area contributed by atoms with E-state index in [1.807, 2.05) is 129 Å². The van der Waals surface area contributed by atoms with Crippen molar-refractivity contribution in [3.63, 3.8) is 0 Å². The highest BCUT2D eigenvalue weighted by Crippen LogP contribution is 2.45. The van der Waals surface area contributed by atoms with E-state index in [-0.39, 0.29) is 18.4 Å². The quantitative estimate of drug-likeness (QED) is 0.118. The Morgan fingerprint density at radius 2 is 1.10 bits per heavy atom. The molecule has 0 heterocycles. The van der Waals surface area contributed by atoms with Crippen molar-refractivity contribution in [3.05, 3.63) is 167 Å². The van der Waals surface area contributed by atoms with Crippen molar-refractivity contribution >= 4 is 18.0 Å². The summed E-state index contributed by atoms with van der Waals surface area (Å²) in [4.78, 5) is 42.0. The molecular formula is C42H40N2O5. The maximum atomic E-state index is 13.7. The van der Waals surface area contributed by atoms with Crippen molar-refractivity contribution < 1.29 is 23.9 Å². The number of hydrogen-bond donors (Lipinski definition) is 1. The zero-order valence-electron chi connectivity index (χ0n) is 27.9. The van der Waals surface area contributed by atoms with Crippen LogP contribution in [-0.2, 0) is 24.7 Å². The number of hydrogen-bond acceptors (Lipinski definition) is 5. The van der Waals surface area contributed by atoms with Crippen LogP contribution in [0, 0.1) is 5.92 Å². The Morgan fingerprint density at radius 1 is 0.673 bits per heavy atom. The summed E-state index contributed by atoms with van der Waals surface area (Å²) >= 11 is 0. The molecule has 49 heavy (non-hydrogen) atoms. The Morgan fingerprint density at radius 3 is 1.55 bits per heavy atom. The lowest BCUT2D eigenvalue weighted by atomic mass is 9.80. The van der Waals surface area contributed by atoms with Gasteiger partial charge < -0.3 is 14.8 Å². The monoisotopic (exact) mass is 652 g/mol. The lowest BCUT2D eigenvalue weighted by molar-refractivity contribution is -0.153. The second-order valence-corrected chi connectivity index (χ2v) is 12.6. The molecule has 1 aliphatic rings. The number of rotatable bonds is 11. The highest BCUT2D eigenvalue weighted by Gasteiger charge is 2.41. The molecule has 5 aromatic carbocycles. The number of nitrogens with one attached hydrogen (secondary N) is 1. The van der Waals surface area contributed by atoms with Crippen molar-refractivity contribution in [2.45, 2.75) is 31.4 Å². The fourth-order valence-electron chi connectivity index (χ4n) is 6.90. The molecule has 7 heteroatoms. The first-order chi connectivity index (χ1) is 23.8. The van der Waals surface area contributed by atoms with E-state index in [4.69, 9.17) is 9.47 Å². The summed E-state index contributed by atoms with van der Waals surface area (Å²) in [7, 11) is 1.55. The van der Waals surface area contributed by atoms with Gasteiger partial charge in [-0.3, -0.25) is 14.5 Å². The van der Waals surface area contributed by atoms with E-state index in [0.29, 0.717) is 0 Å². The Balaban J connectivity index is 1.16. The summed E-state index contributed by atoms with van der Waals surface area (Å²) in [5, 5.41) is 2.74. The highest BCUT2D eigenvalue weighted by atomic mass is 16.6. The van der Waals surface area contributed by atoms with Crippen LogP contribution in [-0.4, -0.2) is 49.1 Å². The minimum absolute atomic E-state index is 0.107. The predicted molar refractivity (Wildman–Crippen MR) is 190 cm³/mol. The average molecular weight is 653 g/mol. The Labute approximate surface area is 287 Å². The third kappa shape index (κ3) is 6.70. The van der Waals surface area contributed by atoms with E-state index in [2.05, 4.69) is 29.6 Å². The van der Waals surface area contributed by atoms with Gasteiger partial charge in [-0.15, -0.1) is 0 Å². The summed E-state index contributed by atoms with van der Waals surface area (Å²) in [5.74, 6) is -1.48.